The second kappa shape index (κ2) is 7.21. The van der Waals surface area contributed by atoms with E-state index in [0.29, 0.717) is 15.6 Å². The van der Waals surface area contributed by atoms with Gasteiger partial charge >= 0.3 is 5.69 Å². The Bertz CT molecular complexity index is 789. The summed E-state index contributed by atoms with van der Waals surface area (Å²) in [5, 5.41) is 13.8. The van der Waals surface area contributed by atoms with Crippen LogP contribution in [0.25, 0.3) is 6.08 Å². The highest BCUT2D eigenvalue weighted by molar-refractivity contribution is 6.37. The Morgan fingerprint density at radius 1 is 1.22 bits per heavy atom. The molecule has 0 heterocycles. The topological polar surface area (TPSA) is 72.2 Å². The number of nitrogens with one attached hydrogen (secondary N) is 1. The van der Waals surface area contributed by atoms with Crippen LogP contribution in [0.15, 0.2) is 42.5 Å². The molecule has 23 heavy (non-hydrogen) atoms. The molecule has 0 aliphatic rings. The van der Waals surface area contributed by atoms with Gasteiger partial charge in [0.25, 0.3) is 0 Å². The zero-order valence-corrected chi connectivity index (χ0v) is 12.9. The van der Waals surface area contributed by atoms with Gasteiger partial charge in [0.2, 0.25) is 11.7 Å². The summed E-state index contributed by atoms with van der Waals surface area (Å²) in [6.45, 7) is 0. The molecule has 0 spiro atoms. The maximum Gasteiger partial charge on any atom is 0.306 e. The third kappa shape index (κ3) is 4.28. The first-order valence-corrected chi connectivity index (χ1v) is 7.01. The monoisotopic (exact) mass is 354 g/mol. The predicted octanol–water partition coefficient (Wildman–Crippen LogP) is 4.69. The van der Waals surface area contributed by atoms with Crippen LogP contribution in [0.3, 0.4) is 0 Å². The Morgan fingerprint density at radius 3 is 2.48 bits per heavy atom. The number of hydrogen-bond donors (Lipinski definition) is 1. The predicted molar refractivity (Wildman–Crippen MR) is 87.2 cm³/mol. The van der Waals surface area contributed by atoms with Gasteiger partial charge in [0.05, 0.1) is 4.92 Å². The first-order chi connectivity index (χ1) is 10.9. The molecule has 2 aromatic carbocycles. The molecule has 0 aliphatic carbocycles. The van der Waals surface area contributed by atoms with E-state index in [1.807, 2.05) is 0 Å². The van der Waals surface area contributed by atoms with E-state index < -0.39 is 22.3 Å². The maximum absolute atomic E-state index is 13.2. The van der Waals surface area contributed by atoms with E-state index in [1.54, 1.807) is 18.2 Å². The number of amides is 1. The number of nitrogens with zero attached hydrogens (tertiary/aromatic N) is 1. The van der Waals surface area contributed by atoms with Crippen molar-refractivity contribution in [1.82, 2.24) is 0 Å². The van der Waals surface area contributed by atoms with Crippen molar-refractivity contribution in [2.75, 3.05) is 5.32 Å². The average Bonchev–Trinajstić information content (AvgIpc) is 2.48. The minimum atomic E-state index is -0.980. The highest BCUT2D eigenvalue weighted by Gasteiger charge is 2.14. The SMILES string of the molecule is O=C(C=Cc1c(Cl)cccc1Cl)Nc1ccc(F)c([N+](=O)[O-])c1. The molecule has 0 atom stereocenters. The summed E-state index contributed by atoms with van der Waals surface area (Å²) < 4.78 is 13.2. The molecular weight excluding hydrogens is 346 g/mol. The molecule has 118 valence electrons. The molecule has 0 unspecified atom stereocenters. The lowest BCUT2D eigenvalue weighted by molar-refractivity contribution is -0.387. The summed E-state index contributed by atoms with van der Waals surface area (Å²) in [5.74, 6) is -1.55. The number of rotatable bonds is 4. The lowest BCUT2D eigenvalue weighted by Crippen LogP contribution is -2.08. The molecule has 0 bridgehead atoms. The third-order valence-corrected chi connectivity index (χ3v) is 3.47. The fourth-order valence-corrected chi connectivity index (χ4v) is 2.27. The fraction of sp³-hybridized carbons (Fsp3) is 0. The van der Waals surface area contributed by atoms with Crippen LogP contribution in [0.4, 0.5) is 15.8 Å². The highest BCUT2D eigenvalue weighted by atomic mass is 35.5. The van der Waals surface area contributed by atoms with Gasteiger partial charge in [0.1, 0.15) is 0 Å². The third-order valence-electron chi connectivity index (χ3n) is 2.81. The number of carbonyl (C=O) groups excluding carboxylic acids is 1. The minimum absolute atomic E-state index is 0.0954. The Kier molecular flexibility index (Phi) is 5.31. The second-order valence-electron chi connectivity index (χ2n) is 4.38. The Labute approximate surface area is 140 Å². The van der Waals surface area contributed by atoms with Crippen LogP contribution in [0.2, 0.25) is 10.0 Å². The zero-order chi connectivity index (χ0) is 17.0. The van der Waals surface area contributed by atoms with Crippen LogP contribution < -0.4 is 5.32 Å². The molecule has 0 aliphatic heterocycles. The molecule has 2 aromatic rings. The van der Waals surface area contributed by atoms with Gasteiger partial charge in [-0.25, -0.2) is 0 Å². The molecule has 1 N–H and O–H groups in total. The van der Waals surface area contributed by atoms with Crippen LogP contribution in [0.1, 0.15) is 5.56 Å². The van der Waals surface area contributed by atoms with Crippen molar-refractivity contribution < 1.29 is 14.1 Å². The lowest BCUT2D eigenvalue weighted by Gasteiger charge is -2.03. The number of anilines is 1. The molecule has 1 amide bonds. The van der Waals surface area contributed by atoms with Gasteiger partial charge in [-0.15, -0.1) is 0 Å². The van der Waals surface area contributed by atoms with Crippen molar-refractivity contribution in [3.05, 3.63) is 74.0 Å². The molecule has 2 rings (SSSR count). The van der Waals surface area contributed by atoms with Gasteiger partial charge in [0.15, 0.2) is 0 Å². The maximum atomic E-state index is 13.2. The van der Waals surface area contributed by atoms with Gasteiger partial charge in [-0.1, -0.05) is 29.3 Å². The largest absolute Gasteiger partial charge is 0.322 e. The van der Waals surface area contributed by atoms with E-state index in [1.165, 1.54) is 18.2 Å². The van der Waals surface area contributed by atoms with Crippen LogP contribution in [-0.2, 0) is 4.79 Å². The van der Waals surface area contributed by atoms with E-state index in [4.69, 9.17) is 23.2 Å². The van der Waals surface area contributed by atoms with Crippen molar-refractivity contribution in [1.29, 1.82) is 0 Å². The Hall–Kier alpha value is -2.44. The normalized spacial score (nSPS) is 10.7. The number of hydrogen-bond acceptors (Lipinski definition) is 3. The van der Waals surface area contributed by atoms with E-state index in [2.05, 4.69) is 5.32 Å². The fourth-order valence-electron chi connectivity index (χ4n) is 1.74. The van der Waals surface area contributed by atoms with Crippen LogP contribution in [0, 0.1) is 15.9 Å². The number of halogens is 3. The van der Waals surface area contributed by atoms with Gasteiger partial charge < -0.3 is 5.32 Å². The lowest BCUT2D eigenvalue weighted by atomic mass is 10.2. The summed E-state index contributed by atoms with van der Waals surface area (Å²) in [6.07, 6.45) is 2.58. The van der Waals surface area contributed by atoms with Gasteiger partial charge in [0, 0.05) is 33.4 Å². The second-order valence-corrected chi connectivity index (χ2v) is 5.20. The van der Waals surface area contributed by atoms with Gasteiger partial charge in [-0.3, -0.25) is 14.9 Å². The number of benzene rings is 2. The quantitative estimate of drug-likeness (QED) is 0.491. The summed E-state index contributed by atoms with van der Waals surface area (Å²) in [5.41, 5.74) is -0.157. The Balaban J connectivity index is 2.15. The van der Waals surface area contributed by atoms with E-state index in [0.717, 1.165) is 12.1 Å². The molecule has 0 saturated carbocycles. The van der Waals surface area contributed by atoms with Crippen molar-refractivity contribution >= 4 is 46.6 Å². The molecule has 8 heteroatoms. The summed E-state index contributed by atoms with van der Waals surface area (Å²) in [6, 6.07) is 7.96. The number of nitro benzene ring substituents is 1. The summed E-state index contributed by atoms with van der Waals surface area (Å²) in [4.78, 5) is 21.6. The van der Waals surface area contributed by atoms with Crippen molar-refractivity contribution in [2.24, 2.45) is 0 Å². The summed E-state index contributed by atoms with van der Waals surface area (Å²) in [7, 11) is 0. The molecule has 0 aromatic heterocycles. The van der Waals surface area contributed by atoms with Crippen molar-refractivity contribution in [3.8, 4) is 0 Å². The first-order valence-electron chi connectivity index (χ1n) is 6.25. The molecule has 0 fully saturated rings. The first kappa shape index (κ1) is 16.9. The molecule has 0 saturated heterocycles. The van der Waals surface area contributed by atoms with Crippen molar-refractivity contribution in [3.63, 3.8) is 0 Å². The van der Waals surface area contributed by atoms with Gasteiger partial charge in [-0.05, 0) is 30.3 Å². The van der Waals surface area contributed by atoms with E-state index in [-0.39, 0.29) is 5.69 Å². The number of carbonyl (C=O) groups is 1. The van der Waals surface area contributed by atoms with Crippen LogP contribution in [0.5, 0.6) is 0 Å². The molecule has 5 nitrogen and oxygen atoms in total. The zero-order valence-electron chi connectivity index (χ0n) is 11.4. The average molecular weight is 355 g/mol. The van der Waals surface area contributed by atoms with Gasteiger partial charge in [-0.2, -0.15) is 4.39 Å². The van der Waals surface area contributed by atoms with E-state index in [9.17, 15) is 19.3 Å². The Morgan fingerprint density at radius 2 is 1.87 bits per heavy atom. The van der Waals surface area contributed by atoms with Crippen LogP contribution >= 0.6 is 23.2 Å². The standard InChI is InChI=1S/C15H9Cl2FN2O3/c16-11-2-1-3-12(17)10(11)5-7-15(21)19-9-4-6-13(18)14(8-9)20(22)23/h1-8H,(H,19,21). The molecule has 0 radical (unpaired) electrons. The molecular formula is C15H9Cl2FN2O3. The highest BCUT2D eigenvalue weighted by Crippen LogP contribution is 2.25. The van der Waals surface area contributed by atoms with Crippen molar-refractivity contribution in [2.45, 2.75) is 0 Å². The number of nitro groups is 1. The minimum Gasteiger partial charge on any atom is -0.322 e. The van der Waals surface area contributed by atoms with E-state index >= 15 is 0 Å². The summed E-state index contributed by atoms with van der Waals surface area (Å²) >= 11 is 11.9. The smallest absolute Gasteiger partial charge is 0.306 e. The van der Waals surface area contributed by atoms with Crippen LogP contribution in [-0.4, -0.2) is 10.8 Å².